The van der Waals surface area contributed by atoms with Gasteiger partial charge < -0.3 is 4.74 Å². The van der Waals surface area contributed by atoms with Crippen LogP contribution >= 0.6 is 27.7 Å². The number of hydrogen-bond donors (Lipinski definition) is 0. The van der Waals surface area contributed by atoms with E-state index in [1.807, 2.05) is 55.5 Å². The van der Waals surface area contributed by atoms with Crippen molar-refractivity contribution in [2.45, 2.75) is 25.1 Å². The van der Waals surface area contributed by atoms with Crippen molar-refractivity contribution >= 4 is 45.0 Å². The third-order valence-electron chi connectivity index (χ3n) is 4.11. The van der Waals surface area contributed by atoms with Crippen molar-refractivity contribution in [1.82, 2.24) is 4.90 Å². The molecule has 0 unspecified atom stereocenters. The highest BCUT2D eigenvalue weighted by Crippen LogP contribution is 2.31. The second kappa shape index (κ2) is 9.19. The summed E-state index contributed by atoms with van der Waals surface area (Å²) in [5.41, 5.74) is 1.97. The van der Waals surface area contributed by atoms with Crippen molar-refractivity contribution in [3.63, 3.8) is 0 Å². The predicted molar refractivity (Wildman–Crippen MR) is 114 cm³/mol. The van der Waals surface area contributed by atoms with Crippen molar-refractivity contribution in [3.8, 4) is 5.75 Å². The summed E-state index contributed by atoms with van der Waals surface area (Å²) in [5.74, 6) is 0.871. The highest BCUT2D eigenvalue weighted by Gasteiger charge is 2.36. The molecule has 140 valence electrons. The zero-order valence-electron chi connectivity index (χ0n) is 15.1. The van der Waals surface area contributed by atoms with E-state index >= 15 is 0 Å². The number of methoxy groups -OCH3 is 1. The molecule has 1 aliphatic rings. The lowest BCUT2D eigenvalue weighted by atomic mass is 10.2. The Kier molecular flexibility index (Phi) is 6.68. The van der Waals surface area contributed by atoms with Gasteiger partial charge in [-0.1, -0.05) is 58.9 Å². The van der Waals surface area contributed by atoms with E-state index in [-0.39, 0.29) is 11.2 Å². The van der Waals surface area contributed by atoms with E-state index in [1.165, 1.54) is 11.8 Å². The Bertz CT molecular complexity index is 851. The summed E-state index contributed by atoms with van der Waals surface area (Å²) in [6.07, 6.45) is 2.45. The topological polar surface area (TPSA) is 54.3 Å². The number of ether oxygens (including phenoxy) is 1. The van der Waals surface area contributed by atoms with Gasteiger partial charge in [0.15, 0.2) is 5.17 Å². The van der Waals surface area contributed by atoms with Gasteiger partial charge in [-0.3, -0.25) is 9.69 Å². The van der Waals surface area contributed by atoms with E-state index in [1.54, 1.807) is 18.2 Å². The van der Waals surface area contributed by atoms with Gasteiger partial charge in [-0.25, -0.2) is 0 Å². The van der Waals surface area contributed by atoms with E-state index in [2.05, 4.69) is 26.1 Å². The summed E-state index contributed by atoms with van der Waals surface area (Å²) in [4.78, 5) is 14.4. The summed E-state index contributed by atoms with van der Waals surface area (Å²) in [6, 6.07) is 15.5. The number of thioether (sulfide) groups is 1. The Morgan fingerprint density at radius 3 is 2.52 bits per heavy atom. The molecule has 2 aromatic carbocycles. The van der Waals surface area contributed by atoms with E-state index < -0.39 is 0 Å². The highest BCUT2D eigenvalue weighted by atomic mass is 79.9. The predicted octanol–water partition coefficient (Wildman–Crippen LogP) is 4.70. The van der Waals surface area contributed by atoms with Crippen LogP contribution < -0.4 is 4.74 Å². The van der Waals surface area contributed by atoms with Crippen molar-refractivity contribution in [3.05, 3.63) is 64.1 Å². The van der Waals surface area contributed by atoms with Gasteiger partial charge in [0.2, 0.25) is 5.91 Å². The Morgan fingerprint density at radius 1 is 1.19 bits per heavy atom. The van der Waals surface area contributed by atoms with Gasteiger partial charge >= 0.3 is 0 Å². The maximum absolute atomic E-state index is 12.7. The van der Waals surface area contributed by atoms with Crippen LogP contribution in [-0.2, 0) is 11.3 Å². The van der Waals surface area contributed by atoms with Crippen LogP contribution in [-0.4, -0.2) is 34.5 Å². The van der Waals surface area contributed by atoms with E-state index in [0.29, 0.717) is 11.7 Å². The van der Waals surface area contributed by atoms with Gasteiger partial charge in [0, 0.05) is 4.47 Å². The summed E-state index contributed by atoms with van der Waals surface area (Å²) >= 11 is 4.88. The number of amidine groups is 1. The molecule has 0 spiro atoms. The van der Waals surface area contributed by atoms with Crippen molar-refractivity contribution in [2.24, 2.45) is 10.2 Å². The fraction of sp³-hybridized carbons (Fsp3) is 0.250. The first-order valence-corrected chi connectivity index (χ1v) is 10.3. The molecule has 0 aliphatic carbocycles. The molecule has 5 nitrogen and oxygen atoms in total. The Balaban J connectivity index is 1.77. The number of rotatable bonds is 6. The molecule has 0 aromatic heterocycles. The quantitative estimate of drug-likeness (QED) is 0.478. The first-order chi connectivity index (χ1) is 13.1. The molecule has 3 rings (SSSR count). The van der Waals surface area contributed by atoms with Gasteiger partial charge in [-0.2, -0.15) is 5.10 Å². The van der Waals surface area contributed by atoms with E-state index in [4.69, 9.17) is 4.74 Å². The minimum atomic E-state index is -0.107. The van der Waals surface area contributed by atoms with Gasteiger partial charge in [0.05, 0.1) is 25.1 Å². The minimum absolute atomic E-state index is 0.0795. The molecule has 1 fully saturated rings. The Hall–Kier alpha value is -2.12. The number of hydrogen-bond acceptors (Lipinski definition) is 5. The van der Waals surface area contributed by atoms with Crippen LogP contribution in [0.15, 0.2) is 63.2 Å². The van der Waals surface area contributed by atoms with Crippen LogP contribution in [0.3, 0.4) is 0 Å². The lowest BCUT2D eigenvalue weighted by molar-refractivity contribution is -0.126. The Labute approximate surface area is 171 Å². The molecule has 1 aliphatic heterocycles. The average molecular weight is 446 g/mol. The molecule has 1 atom stereocenters. The number of amides is 1. The first kappa shape index (κ1) is 19.6. The van der Waals surface area contributed by atoms with Gasteiger partial charge in [-0.15, -0.1) is 5.10 Å². The van der Waals surface area contributed by atoms with Crippen LogP contribution in [0.25, 0.3) is 0 Å². The Morgan fingerprint density at radius 2 is 1.89 bits per heavy atom. The van der Waals surface area contributed by atoms with Gasteiger partial charge in [-0.05, 0) is 41.8 Å². The fourth-order valence-corrected chi connectivity index (χ4v) is 3.89. The van der Waals surface area contributed by atoms with Crippen molar-refractivity contribution in [2.75, 3.05) is 7.11 Å². The average Bonchev–Trinajstić information content (AvgIpc) is 2.99. The number of carbonyl (C=O) groups excluding carboxylic acids is 1. The minimum Gasteiger partial charge on any atom is -0.497 e. The number of carbonyl (C=O) groups is 1. The van der Waals surface area contributed by atoms with E-state index in [0.717, 1.165) is 27.8 Å². The molecule has 27 heavy (non-hydrogen) atoms. The molecule has 0 bridgehead atoms. The first-order valence-electron chi connectivity index (χ1n) is 8.58. The van der Waals surface area contributed by atoms with Crippen molar-refractivity contribution < 1.29 is 9.53 Å². The van der Waals surface area contributed by atoms with Gasteiger partial charge in [0.1, 0.15) is 5.75 Å². The van der Waals surface area contributed by atoms with Crippen LogP contribution in [0.1, 0.15) is 24.5 Å². The molecule has 1 amide bonds. The number of halogens is 1. The molecular formula is C20H20BrN3O2S. The SMILES string of the molecule is CC[C@H]1S/C(=N/N=C\c2ccc(Br)cc2)N(Cc2ccc(OC)cc2)C1=O. The number of benzene rings is 2. The highest BCUT2D eigenvalue weighted by molar-refractivity contribution is 9.10. The second-order valence-electron chi connectivity index (χ2n) is 5.97. The number of nitrogens with zero attached hydrogens (tertiary/aromatic N) is 3. The molecule has 1 heterocycles. The summed E-state index contributed by atoms with van der Waals surface area (Å²) < 4.78 is 6.20. The zero-order valence-corrected chi connectivity index (χ0v) is 17.5. The standard InChI is InChI=1S/C20H20BrN3O2S/c1-3-18-19(25)24(13-15-6-10-17(26-2)11-7-15)20(27-18)23-22-12-14-4-8-16(21)9-5-14/h4-12,18H,3,13H2,1-2H3/b22-12-,23-20+/t18-/m1/s1. The molecule has 0 N–H and O–H groups in total. The van der Waals surface area contributed by atoms with Crippen LogP contribution in [0, 0.1) is 0 Å². The van der Waals surface area contributed by atoms with Crippen LogP contribution in [0.5, 0.6) is 5.75 Å². The third kappa shape index (κ3) is 4.99. The molecule has 0 saturated carbocycles. The lowest BCUT2D eigenvalue weighted by Crippen LogP contribution is -2.31. The lowest BCUT2D eigenvalue weighted by Gasteiger charge is -2.16. The molecule has 2 aromatic rings. The molecule has 0 radical (unpaired) electrons. The van der Waals surface area contributed by atoms with Crippen LogP contribution in [0.2, 0.25) is 0 Å². The molecule has 1 saturated heterocycles. The fourth-order valence-electron chi connectivity index (χ4n) is 2.60. The summed E-state index contributed by atoms with van der Waals surface area (Å²) in [5, 5.41) is 9.04. The normalized spacial score (nSPS) is 18.6. The van der Waals surface area contributed by atoms with E-state index in [9.17, 15) is 4.79 Å². The molecular weight excluding hydrogens is 426 g/mol. The van der Waals surface area contributed by atoms with Crippen LogP contribution in [0.4, 0.5) is 0 Å². The summed E-state index contributed by atoms with van der Waals surface area (Å²) in [6.45, 7) is 2.48. The monoisotopic (exact) mass is 445 g/mol. The second-order valence-corrected chi connectivity index (χ2v) is 8.05. The third-order valence-corrected chi connectivity index (χ3v) is 5.97. The van der Waals surface area contributed by atoms with Gasteiger partial charge in [0.25, 0.3) is 0 Å². The smallest absolute Gasteiger partial charge is 0.242 e. The maximum atomic E-state index is 12.7. The zero-order chi connectivity index (χ0) is 19.2. The summed E-state index contributed by atoms with van der Waals surface area (Å²) in [7, 11) is 1.63. The molecule has 7 heteroatoms. The van der Waals surface area contributed by atoms with Crippen molar-refractivity contribution in [1.29, 1.82) is 0 Å². The maximum Gasteiger partial charge on any atom is 0.242 e. The largest absolute Gasteiger partial charge is 0.497 e.